The van der Waals surface area contributed by atoms with Crippen molar-refractivity contribution >= 4 is 11.9 Å². The van der Waals surface area contributed by atoms with E-state index in [4.69, 9.17) is 21.1 Å². The molecule has 7 nitrogen and oxygen atoms in total. The predicted octanol–water partition coefficient (Wildman–Crippen LogP) is -0.760. The molecule has 0 fully saturated rings. The third kappa shape index (κ3) is 12.8. The van der Waals surface area contributed by atoms with E-state index in [-0.39, 0.29) is 12.1 Å². The molecule has 0 rings (SSSR count). The number of rotatable bonds is 6. The van der Waals surface area contributed by atoms with Gasteiger partial charge in [-0.15, -0.1) is 0 Å². The molecule has 0 radical (unpaired) electrons. The van der Waals surface area contributed by atoms with Gasteiger partial charge >= 0.3 is 11.9 Å². The Hall–Kier alpha value is -1.18. The maximum absolute atomic E-state index is 10.1. The van der Waals surface area contributed by atoms with E-state index in [0.29, 0.717) is 0 Å². The van der Waals surface area contributed by atoms with Gasteiger partial charge in [0.25, 0.3) is 0 Å². The highest BCUT2D eigenvalue weighted by Crippen LogP contribution is 2.05. The zero-order valence-corrected chi connectivity index (χ0v) is 10.4. The summed E-state index contributed by atoms with van der Waals surface area (Å²) in [4.78, 5) is 19.7. The molecule has 0 aromatic rings. The second kappa shape index (κ2) is 8.91. The fourth-order valence-corrected chi connectivity index (χ4v) is 0.518. The minimum atomic E-state index is -1.18. The zero-order valence-electron chi connectivity index (χ0n) is 10.4. The molecular formula is C10H22N2O5. The summed E-state index contributed by atoms with van der Waals surface area (Å²) < 4.78 is 0. The summed E-state index contributed by atoms with van der Waals surface area (Å²) in [5.41, 5.74) is 4.71. The first-order valence-corrected chi connectivity index (χ1v) is 5.22. The Morgan fingerprint density at radius 1 is 1.35 bits per heavy atom. The topological polar surface area (TPSA) is 133 Å². The van der Waals surface area contributed by atoms with Gasteiger partial charge in [0.2, 0.25) is 0 Å². The molecule has 0 aliphatic heterocycles. The van der Waals surface area contributed by atoms with Crippen molar-refractivity contribution in [2.45, 2.75) is 38.8 Å². The van der Waals surface area contributed by atoms with Crippen molar-refractivity contribution in [3.05, 3.63) is 0 Å². The van der Waals surface area contributed by atoms with Crippen LogP contribution in [0.3, 0.4) is 0 Å². The minimum Gasteiger partial charge on any atom is -0.480 e. The fraction of sp³-hybridized carbons (Fsp3) is 0.800. The van der Waals surface area contributed by atoms with Crippen LogP contribution in [0.5, 0.6) is 0 Å². The van der Waals surface area contributed by atoms with Crippen LogP contribution in [-0.2, 0) is 9.59 Å². The van der Waals surface area contributed by atoms with E-state index < -0.39 is 24.6 Å². The van der Waals surface area contributed by atoms with Gasteiger partial charge in [-0.25, -0.2) is 0 Å². The van der Waals surface area contributed by atoms with Crippen LogP contribution < -0.4 is 11.1 Å². The van der Waals surface area contributed by atoms with Gasteiger partial charge in [0.15, 0.2) is 0 Å². The van der Waals surface area contributed by atoms with Crippen LogP contribution in [-0.4, -0.2) is 52.0 Å². The van der Waals surface area contributed by atoms with Gasteiger partial charge in [-0.1, -0.05) is 6.92 Å². The zero-order chi connectivity index (χ0) is 14.1. The van der Waals surface area contributed by atoms with Crippen molar-refractivity contribution in [2.24, 2.45) is 5.73 Å². The molecule has 0 spiro atoms. The van der Waals surface area contributed by atoms with E-state index in [1.807, 2.05) is 20.8 Å². The molecule has 0 amide bonds. The van der Waals surface area contributed by atoms with Crippen LogP contribution in [0.1, 0.15) is 27.2 Å². The lowest BCUT2D eigenvalue weighted by atomic mass is 10.0. The number of hydrogen-bond acceptors (Lipinski definition) is 5. The predicted molar refractivity (Wildman–Crippen MR) is 62.7 cm³/mol. The molecule has 102 valence electrons. The van der Waals surface area contributed by atoms with Crippen LogP contribution in [0.4, 0.5) is 0 Å². The highest BCUT2D eigenvalue weighted by atomic mass is 16.4. The van der Waals surface area contributed by atoms with Gasteiger partial charge in [-0.2, -0.15) is 0 Å². The first-order chi connectivity index (χ1) is 7.66. The number of hydrogen-bond donors (Lipinski definition) is 5. The van der Waals surface area contributed by atoms with Crippen molar-refractivity contribution in [3.63, 3.8) is 0 Å². The van der Waals surface area contributed by atoms with Crippen molar-refractivity contribution in [3.8, 4) is 0 Å². The highest BCUT2D eigenvalue weighted by Gasteiger charge is 2.14. The minimum absolute atomic E-state index is 0.0425. The number of nitrogens with one attached hydrogen (secondary N) is 1. The summed E-state index contributed by atoms with van der Waals surface area (Å²) in [5, 5.41) is 27.1. The summed E-state index contributed by atoms with van der Waals surface area (Å²) in [7, 11) is 0. The molecular weight excluding hydrogens is 228 g/mol. The second-order valence-corrected chi connectivity index (χ2v) is 4.11. The van der Waals surface area contributed by atoms with Crippen LogP contribution in [0.15, 0.2) is 0 Å². The monoisotopic (exact) mass is 250 g/mol. The Balaban J connectivity index is 0. The van der Waals surface area contributed by atoms with Gasteiger partial charge in [0, 0.05) is 5.54 Å². The SMILES string of the molecule is CCC(C)(C)NCC(=O)O.N[C@H](CO)C(=O)O. The van der Waals surface area contributed by atoms with Crippen molar-refractivity contribution in [2.75, 3.05) is 13.2 Å². The number of carbonyl (C=O) groups is 2. The molecule has 0 aromatic carbocycles. The number of nitrogens with two attached hydrogens (primary N) is 1. The molecule has 0 aliphatic carbocycles. The first-order valence-electron chi connectivity index (χ1n) is 5.22. The third-order valence-corrected chi connectivity index (χ3v) is 2.12. The third-order valence-electron chi connectivity index (χ3n) is 2.12. The molecule has 7 heteroatoms. The Labute approximate surface area is 101 Å². The van der Waals surface area contributed by atoms with E-state index >= 15 is 0 Å². The summed E-state index contributed by atoms with van der Waals surface area (Å²) in [6.45, 7) is 5.52. The lowest BCUT2D eigenvalue weighted by Crippen LogP contribution is -2.41. The van der Waals surface area contributed by atoms with E-state index in [2.05, 4.69) is 5.32 Å². The number of aliphatic hydroxyl groups excluding tert-OH is 1. The smallest absolute Gasteiger partial charge is 0.322 e. The lowest BCUT2D eigenvalue weighted by Gasteiger charge is -2.22. The Morgan fingerprint density at radius 2 is 1.82 bits per heavy atom. The van der Waals surface area contributed by atoms with Crippen LogP contribution in [0, 0.1) is 0 Å². The number of carboxylic acid groups (broad SMARTS) is 2. The van der Waals surface area contributed by atoms with Gasteiger partial charge in [-0.3, -0.25) is 9.59 Å². The first kappa shape index (κ1) is 18.2. The highest BCUT2D eigenvalue weighted by molar-refractivity contribution is 5.73. The molecule has 0 unspecified atom stereocenters. The molecule has 0 bridgehead atoms. The normalized spacial score (nSPS) is 12.3. The van der Waals surface area contributed by atoms with Gasteiger partial charge in [0.05, 0.1) is 13.2 Å². The molecule has 0 aliphatic rings. The summed E-state index contributed by atoms with van der Waals surface area (Å²) in [6.07, 6.45) is 0.931. The summed E-state index contributed by atoms with van der Waals surface area (Å²) in [5.74, 6) is -1.98. The standard InChI is InChI=1S/C7H15NO2.C3H7NO3/c1-4-7(2,3)8-5-6(9)10;4-2(1-5)3(6)7/h8H,4-5H2,1-3H3,(H,9,10);2,5H,1,4H2,(H,6,7)/t;2-/m.1/s1. The maximum atomic E-state index is 10.1. The van der Waals surface area contributed by atoms with Gasteiger partial charge in [0.1, 0.15) is 6.04 Å². The van der Waals surface area contributed by atoms with Crippen molar-refractivity contribution in [1.82, 2.24) is 5.32 Å². The van der Waals surface area contributed by atoms with Crippen LogP contribution in [0.2, 0.25) is 0 Å². The van der Waals surface area contributed by atoms with E-state index in [9.17, 15) is 9.59 Å². The summed E-state index contributed by atoms with van der Waals surface area (Å²) >= 11 is 0. The Kier molecular flexibility index (Phi) is 9.54. The van der Waals surface area contributed by atoms with Crippen molar-refractivity contribution < 1.29 is 24.9 Å². The van der Waals surface area contributed by atoms with Crippen molar-refractivity contribution in [1.29, 1.82) is 0 Å². The molecule has 0 aromatic heterocycles. The number of carboxylic acids is 2. The van der Waals surface area contributed by atoms with E-state index in [0.717, 1.165) is 6.42 Å². The average molecular weight is 250 g/mol. The molecule has 0 heterocycles. The van der Waals surface area contributed by atoms with E-state index in [1.54, 1.807) is 0 Å². The summed E-state index contributed by atoms with van der Waals surface area (Å²) in [6, 6.07) is -1.13. The van der Waals surface area contributed by atoms with E-state index in [1.165, 1.54) is 0 Å². The molecule has 0 saturated heterocycles. The van der Waals surface area contributed by atoms with Gasteiger partial charge < -0.3 is 26.4 Å². The van der Waals surface area contributed by atoms with Crippen LogP contribution >= 0.6 is 0 Å². The molecule has 1 atom stereocenters. The Morgan fingerprint density at radius 3 is 2.00 bits per heavy atom. The average Bonchev–Trinajstić information content (AvgIpc) is 2.26. The largest absolute Gasteiger partial charge is 0.480 e. The second-order valence-electron chi connectivity index (χ2n) is 4.11. The van der Waals surface area contributed by atoms with Crippen LogP contribution in [0.25, 0.3) is 0 Å². The maximum Gasteiger partial charge on any atom is 0.322 e. The molecule has 0 saturated carbocycles. The molecule has 6 N–H and O–H groups in total. The quantitative estimate of drug-likeness (QED) is 0.418. The lowest BCUT2D eigenvalue weighted by molar-refractivity contribution is -0.139. The van der Waals surface area contributed by atoms with Gasteiger partial charge in [-0.05, 0) is 20.3 Å². The molecule has 17 heavy (non-hydrogen) atoms. The number of aliphatic hydroxyl groups is 1. The Bertz CT molecular complexity index is 243. The number of aliphatic carboxylic acids is 2. The fourth-order valence-electron chi connectivity index (χ4n) is 0.518.